The molecule has 0 unspecified atom stereocenters. The first-order valence-corrected chi connectivity index (χ1v) is 6.85. The van der Waals surface area contributed by atoms with Crippen molar-refractivity contribution in [1.29, 1.82) is 0 Å². The van der Waals surface area contributed by atoms with E-state index in [2.05, 4.69) is 42.3 Å². The van der Waals surface area contributed by atoms with Gasteiger partial charge in [0.1, 0.15) is 11.6 Å². The molecular weight excluding hydrogens is 396 g/mol. The molecule has 0 atom stereocenters. The Morgan fingerprint density at radius 2 is 2.05 bits per heavy atom. The second kappa shape index (κ2) is 6.16. The standard InChI is InChI=1S/C11H8Br2N4O3/c12-6-1-3-9(7(13)5-6)20-11-8(17(18)19)2-4-10(15-11)16-14/h1-5H,14H2,(H,15,16). The first-order valence-electron chi connectivity index (χ1n) is 5.26. The largest absolute Gasteiger partial charge is 0.432 e. The molecular formula is C11H8Br2N4O3. The van der Waals surface area contributed by atoms with Crippen molar-refractivity contribution in [1.82, 2.24) is 4.98 Å². The van der Waals surface area contributed by atoms with Crippen molar-refractivity contribution >= 4 is 43.4 Å². The normalized spacial score (nSPS) is 10.2. The third kappa shape index (κ3) is 3.24. The van der Waals surface area contributed by atoms with E-state index in [1.54, 1.807) is 18.2 Å². The van der Waals surface area contributed by atoms with Crippen molar-refractivity contribution in [2.45, 2.75) is 0 Å². The van der Waals surface area contributed by atoms with E-state index in [0.717, 1.165) is 4.47 Å². The Labute approximate surface area is 130 Å². The SMILES string of the molecule is NNc1ccc([N+](=O)[O-])c(Oc2ccc(Br)cc2Br)n1. The molecule has 0 saturated carbocycles. The highest BCUT2D eigenvalue weighted by molar-refractivity contribution is 9.11. The van der Waals surface area contributed by atoms with Gasteiger partial charge in [-0.25, -0.2) is 5.84 Å². The summed E-state index contributed by atoms with van der Waals surface area (Å²) in [5.74, 6) is 5.75. The van der Waals surface area contributed by atoms with Gasteiger partial charge in [0.05, 0.1) is 9.40 Å². The van der Waals surface area contributed by atoms with Gasteiger partial charge in [0.25, 0.3) is 0 Å². The number of benzene rings is 1. The average Bonchev–Trinajstić information content (AvgIpc) is 2.41. The zero-order valence-electron chi connectivity index (χ0n) is 9.84. The van der Waals surface area contributed by atoms with Gasteiger partial charge < -0.3 is 10.2 Å². The maximum Gasteiger partial charge on any atom is 0.331 e. The third-order valence-electron chi connectivity index (χ3n) is 2.29. The highest BCUT2D eigenvalue weighted by atomic mass is 79.9. The van der Waals surface area contributed by atoms with E-state index in [1.807, 2.05) is 0 Å². The predicted octanol–water partition coefficient (Wildman–Crippen LogP) is 3.59. The summed E-state index contributed by atoms with van der Waals surface area (Å²) in [7, 11) is 0. The highest BCUT2D eigenvalue weighted by Gasteiger charge is 2.19. The first kappa shape index (κ1) is 14.7. The molecule has 3 N–H and O–H groups in total. The van der Waals surface area contributed by atoms with Crippen molar-refractivity contribution in [3.63, 3.8) is 0 Å². The van der Waals surface area contributed by atoms with Gasteiger partial charge >= 0.3 is 11.6 Å². The summed E-state index contributed by atoms with van der Waals surface area (Å²) in [6.45, 7) is 0. The molecule has 0 saturated heterocycles. The highest BCUT2D eigenvalue weighted by Crippen LogP contribution is 2.35. The van der Waals surface area contributed by atoms with Gasteiger partial charge in [-0.3, -0.25) is 10.1 Å². The van der Waals surface area contributed by atoms with Crippen LogP contribution in [0, 0.1) is 10.1 Å². The molecule has 1 aromatic carbocycles. The molecule has 0 aliphatic carbocycles. The van der Waals surface area contributed by atoms with E-state index in [1.165, 1.54) is 12.1 Å². The van der Waals surface area contributed by atoms with Gasteiger partial charge in [-0.15, -0.1) is 0 Å². The summed E-state index contributed by atoms with van der Waals surface area (Å²) < 4.78 is 6.96. The lowest BCUT2D eigenvalue weighted by atomic mass is 10.3. The van der Waals surface area contributed by atoms with Crippen molar-refractivity contribution in [2.75, 3.05) is 5.43 Å². The van der Waals surface area contributed by atoms with Crippen LogP contribution in [0.4, 0.5) is 11.5 Å². The van der Waals surface area contributed by atoms with Crippen LogP contribution in [0.2, 0.25) is 0 Å². The molecule has 0 aliphatic rings. The van der Waals surface area contributed by atoms with Gasteiger partial charge in [-0.1, -0.05) is 15.9 Å². The van der Waals surface area contributed by atoms with E-state index in [9.17, 15) is 10.1 Å². The Balaban J connectivity index is 2.43. The van der Waals surface area contributed by atoms with E-state index in [4.69, 9.17) is 10.6 Å². The lowest BCUT2D eigenvalue weighted by molar-refractivity contribution is -0.386. The van der Waals surface area contributed by atoms with Crippen LogP contribution in [0.15, 0.2) is 39.3 Å². The summed E-state index contributed by atoms with van der Waals surface area (Å²) in [5, 5.41) is 11.0. The molecule has 20 heavy (non-hydrogen) atoms. The Hall–Kier alpha value is -1.71. The molecule has 2 rings (SSSR count). The van der Waals surface area contributed by atoms with Crippen LogP contribution in [-0.2, 0) is 0 Å². The van der Waals surface area contributed by atoms with E-state index >= 15 is 0 Å². The topological polar surface area (TPSA) is 103 Å². The van der Waals surface area contributed by atoms with Gasteiger partial charge in [0.2, 0.25) is 0 Å². The Kier molecular flexibility index (Phi) is 4.53. The minimum absolute atomic E-state index is 0.145. The van der Waals surface area contributed by atoms with Gasteiger partial charge in [-0.05, 0) is 40.2 Å². The van der Waals surface area contributed by atoms with Crippen molar-refractivity contribution in [3.05, 3.63) is 49.4 Å². The number of nitrogen functional groups attached to an aromatic ring is 1. The van der Waals surface area contributed by atoms with Crippen LogP contribution in [0.5, 0.6) is 11.6 Å². The lowest BCUT2D eigenvalue weighted by Crippen LogP contribution is -2.09. The van der Waals surface area contributed by atoms with Crippen molar-refractivity contribution in [2.24, 2.45) is 5.84 Å². The smallest absolute Gasteiger partial charge is 0.331 e. The summed E-state index contributed by atoms with van der Waals surface area (Å²) >= 11 is 6.62. The number of nitrogens with two attached hydrogens (primary N) is 1. The number of nitro groups is 1. The van der Waals surface area contributed by atoms with Crippen LogP contribution in [0.1, 0.15) is 0 Å². The number of nitrogens with one attached hydrogen (secondary N) is 1. The molecule has 1 aromatic heterocycles. The molecule has 1 heterocycles. The molecule has 0 radical (unpaired) electrons. The third-order valence-corrected chi connectivity index (χ3v) is 3.40. The monoisotopic (exact) mass is 402 g/mol. The average molecular weight is 404 g/mol. The van der Waals surface area contributed by atoms with E-state index in [0.29, 0.717) is 10.2 Å². The lowest BCUT2D eigenvalue weighted by Gasteiger charge is -2.08. The van der Waals surface area contributed by atoms with Gasteiger partial charge in [0.15, 0.2) is 0 Å². The number of hydrazine groups is 1. The Morgan fingerprint density at radius 3 is 2.65 bits per heavy atom. The molecule has 7 nitrogen and oxygen atoms in total. The zero-order valence-corrected chi connectivity index (χ0v) is 13.0. The first-order chi connectivity index (χ1) is 9.51. The number of ether oxygens (including phenoxy) is 1. The van der Waals surface area contributed by atoms with Crippen LogP contribution >= 0.6 is 31.9 Å². The Bertz CT molecular complexity index is 666. The molecule has 0 aliphatic heterocycles. The van der Waals surface area contributed by atoms with Crippen LogP contribution < -0.4 is 16.0 Å². The fraction of sp³-hybridized carbons (Fsp3) is 0. The number of aromatic nitrogens is 1. The van der Waals surface area contributed by atoms with Crippen molar-refractivity contribution < 1.29 is 9.66 Å². The van der Waals surface area contributed by atoms with Crippen LogP contribution in [-0.4, -0.2) is 9.91 Å². The second-order valence-electron chi connectivity index (χ2n) is 3.60. The van der Waals surface area contributed by atoms with E-state index in [-0.39, 0.29) is 17.4 Å². The molecule has 0 spiro atoms. The summed E-state index contributed by atoms with van der Waals surface area (Å²) in [6, 6.07) is 7.82. The zero-order chi connectivity index (χ0) is 14.7. The molecule has 0 amide bonds. The number of anilines is 1. The minimum Gasteiger partial charge on any atom is -0.432 e. The fourth-order valence-corrected chi connectivity index (χ4v) is 2.52. The summed E-state index contributed by atoms with van der Waals surface area (Å²) in [4.78, 5) is 14.3. The predicted molar refractivity (Wildman–Crippen MR) is 80.6 cm³/mol. The molecule has 0 fully saturated rings. The number of rotatable bonds is 4. The van der Waals surface area contributed by atoms with Gasteiger partial charge in [0, 0.05) is 10.5 Å². The number of hydrogen-bond donors (Lipinski definition) is 2. The molecule has 9 heteroatoms. The fourth-order valence-electron chi connectivity index (χ4n) is 1.39. The van der Waals surface area contributed by atoms with E-state index < -0.39 is 4.92 Å². The van der Waals surface area contributed by atoms with Crippen molar-refractivity contribution in [3.8, 4) is 11.6 Å². The number of nitrogens with zero attached hydrogens (tertiary/aromatic N) is 2. The van der Waals surface area contributed by atoms with Crippen LogP contribution in [0.25, 0.3) is 0 Å². The minimum atomic E-state index is -0.574. The maximum atomic E-state index is 11.0. The number of hydrogen-bond acceptors (Lipinski definition) is 6. The summed E-state index contributed by atoms with van der Waals surface area (Å²) in [6.07, 6.45) is 0. The number of pyridine rings is 1. The van der Waals surface area contributed by atoms with Crippen LogP contribution in [0.3, 0.4) is 0 Å². The molecule has 0 bridgehead atoms. The molecule has 104 valence electrons. The van der Waals surface area contributed by atoms with Gasteiger partial charge in [-0.2, -0.15) is 4.98 Å². The Morgan fingerprint density at radius 1 is 1.30 bits per heavy atom. The maximum absolute atomic E-state index is 11.0. The number of halogens is 2. The molecule has 2 aromatic rings. The quantitative estimate of drug-likeness (QED) is 0.459. The second-order valence-corrected chi connectivity index (χ2v) is 5.37. The summed E-state index contributed by atoms with van der Waals surface area (Å²) in [5.41, 5.74) is 2.06.